The van der Waals surface area contributed by atoms with Crippen molar-refractivity contribution in [1.82, 2.24) is 0 Å². The van der Waals surface area contributed by atoms with E-state index in [-0.39, 0.29) is 23.8 Å². The Bertz CT molecular complexity index is 727. The molecule has 2 atom stereocenters. The van der Waals surface area contributed by atoms with Gasteiger partial charge in [0.25, 0.3) is 0 Å². The molecule has 0 aliphatic heterocycles. The molecule has 2 amide bonds. The number of carbonyl (C=O) groups is 2. The Morgan fingerprint density at radius 2 is 1.79 bits per heavy atom. The van der Waals surface area contributed by atoms with E-state index in [2.05, 4.69) is 10.6 Å². The molecule has 6 nitrogen and oxygen atoms in total. The molecule has 0 bridgehead atoms. The Labute approximate surface area is 167 Å². The van der Waals surface area contributed by atoms with E-state index in [4.69, 9.17) is 10.5 Å². The maximum Gasteiger partial charge on any atom is 0.245 e. The lowest BCUT2D eigenvalue weighted by molar-refractivity contribution is -0.166. The Morgan fingerprint density at radius 3 is 2.39 bits per heavy atom. The molecule has 28 heavy (non-hydrogen) atoms. The zero-order chi connectivity index (χ0) is 20.4. The van der Waals surface area contributed by atoms with Gasteiger partial charge in [0, 0.05) is 35.7 Å². The van der Waals surface area contributed by atoms with Crippen molar-refractivity contribution in [2.75, 3.05) is 17.2 Å². The first-order chi connectivity index (χ1) is 13.3. The molecule has 2 aliphatic rings. The Balaban J connectivity index is 1.63. The first-order valence-electron chi connectivity index (χ1n) is 10.4. The van der Waals surface area contributed by atoms with Crippen LogP contribution in [0.2, 0.25) is 0 Å². The SMILES string of the molecule is CCOC1CC(N)(C(=O)Nc2cccc(NC(=O)C3CCCCC3)c2)C1(C)C. The fraction of sp³-hybridized carbons (Fsp3) is 0.636. The molecular weight excluding hydrogens is 354 g/mol. The largest absolute Gasteiger partial charge is 0.378 e. The number of hydrogen-bond donors (Lipinski definition) is 3. The van der Waals surface area contributed by atoms with Gasteiger partial charge in [-0.25, -0.2) is 0 Å². The quantitative estimate of drug-likeness (QED) is 0.694. The summed E-state index contributed by atoms with van der Waals surface area (Å²) in [5, 5.41) is 5.92. The van der Waals surface area contributed by atoms with Crippen LogP contribution in [0.15, 0.2) is 24.3 Å². The lowest BCUT2D eigenvalue weighted by Gasteiger charge is -2.57. The van der Waals surface area contributed by atoms with Gasteiger partial charge in [-0.15, -0.1) is 0 Å². The number of anilines is 2. The molecule has 1 aromatic rings. The molecule has 4 N–H and O–H groups in total. The molecule has 1 aromatic carbocycles. The fourth-order valence-corrected chi connectivity index (χ4v) is 4.35. The van der Waals surface area contributed by atoms with Crippen LogP contribution < -0.4 is 16.4 Å². The Kier molecular flexibility index (Phi) is 6.10. The zero-order valence-corrected chi connectivity index (χ0v) is 17.2. The molecule has 0 heterocycles. The molecule has 0 spiro atoms. The molecule has 0 aromatic heterocycles. The third-order valence-electron chi connectivity index (χ3n) is 6.60. The van der Waals surface area contributed by atoms with Crippen molar-refractivity contribution in [3.05, 3.63) is 24.3 Å². The lowest BCUT2D eigenvalue weighted by Crippen LogP contribution is -2.74. The first-order valence-corrected chi connectivity index (χ1v) is 10.4. The highest BCUT2D eigenvalue weighted by molar-refractivity contribution is 6.00. The Morgan fingerprint density at radius 1 is 1.14 bits per heavy atom. The molecule has 2 saturated carbocycles. The third kappa shape index (κ3) is 3.94. The summed E-state index contributed by atoms with van der Waals surface area (Å²) in [6.45, 7) is 6.49. The second-order valence-corrected chi connectivity index (χ2v) is 8.70. The number of carbonyl (C=O) groups excluding carboxylic acids is 2. The molecule has 0 saturated heterocycles. The molecule has 6 heteroatoms. The highest BCUT2D eigenvalue weighted by Crippen LogP contribution is 2.50. The van der Waals surface area contributed by atoms with Crippen molar-refractivity contribution in [3.8, 4) is 0 Å². The van der Waals surface area contributed by atoms with Crippen molar-refractivity contribution in [3.63, 3.8) is 0 Å². The van der Waals surface area contributed by atoms with Gasteiger partial charge in [-0.2, -0.15) is 0 Å². The van der Waals surface area contributed by atoms with E-state index in [1.165, 1.54) is 6.42 Å². The van der Waals surface area contributed by atoms with Gasteiger partial charge in [0.1, 0.15) is 5.54 Å². The Hall–Kier alpha value is -1.92. The standard InChI is InChI=1S/C22H33N3O3/c1-4-28-18-14-22(23,21(18,2)3)20(27)25-17-12-8-11-16(13-17)24-19(26)15-9-6-5-7-10-15/h8,11-13,15,18H,4-7,9-10,14,23H2,1-3H3,(H,24,26)(H,25,27). The third-order valence-corrected chi connectivity index (χ3v) is 6.60. The van der Waals surface area contributed by atoms with E-state index in [1.807, 2.05) is 39.0 Å². The van der Waals surface area contributed by atoms with Crippen LogP contribution in [-0.4, -0.2) is 30.1 Å². The summed E-state index contributed by atoms with van der Waals surface area (Å²) in [5.41, 5.74) is 6.35. The summed E-state index contributed by atoms with van der Waals surface area (Å²) >= 11 is 0. The smallest absolute Gasteiger partial charge is 0.245 e. The molecule has 3 rings (SSSR count). The monoisotopic (exact) mass is 387 g/mol. The first kappa shape index (κ1) is 20.8. The van der Waals surface area contributed by atoms with Crippen LogP contribution in [0.4, 0.5) is 11.4 Å². The molecule has 2 unspecified atom stereocenters. The summed E-state index contributed by atoms with van der Waals surface area (Å²) in [7, 11) is 0. The van der Waals surface area contributed by atoms with Crippen molar-refractivity contribution in [2.24, 2.45) is 17.1 Å². The molecular formula is C22H33N3O3. The minimum Gasteiger partial charge on any atom is -0.378 e. The normalized spacial score (nSPS) is 26.9. The zero-order valence-electron chi connectivity index (χ0n) is 17.2. The van der Waals surface area contributed by atoms with Gasteiger partial charge < -0.3 is 21.1 Å². The predicted molar refractivity (Wildman–Crippen MR) is 111 cm³/mol. The lowest BCUT2D eigenvalue weighted by atomic mass is 9.54. The minimum absolute atomic E-state index is 0.0191. The summed E-state index contributed by atoms with van der Waals surface area (Å²) < 4.78 is 5.70. The van der Waals surface area contributed by atoms with Gasteiger partial charge in [-0.3, -0.25) is 9.59 Å². The van der Waals surface area contributed by atoms with E-state index in [0.29, 0.717) is 24.4 Å². The summed E-state index contributed by atoms with van der Waals surface area (Å²) in [5.74, 6) is -0.0621. The fourth-order valence-electron chi connectivity index (χ4n) is 4.35. The topological polar surface area (TPSA) is 93.4 Å². The van der Waals surface area contributed by atoms with E-state index in [0.717, 1.165) is 25.7 Å². The van der Waals surface area contributed by atoms with Crippen LogP contribution in [0.25, 0.3) is 0 Å². The average Bonchev–Trinajstić information content (AvgIpc) is 2.68. The average molecular weight is 388 g/mol. The van der Waals surface area contributed by atoms with Crippen LogP contribution in [0, 0.1) is 11.3 Å². The molecule has 0 radical (unpaired) electrons. The second kappa shape index (κ2) is 8.21. The van der Waals surface area contributed by atoms with Crippen molar-refractivity contribution in [2.45, 2.75) is 70.9 Å². The number of amides is 2. The molecule has 154 valence electrons. The van der Waals surface area contributed by atoms with Gasteiger partial charge in [-0.05, 0) is 38.0 Å². The number of rotatable bonds is 6. The van der Waals surface area contributed by atoms with Crippen LogP contribution in [0.1, 0.15) is 59.3 Å². The van der Waals surface area contributed by atoms with Gasteiger partial charge in [0.2, 0.25) is 11.8 Å². The van der Waals surface area contributed by atoms with Gasteiger partial charge in [0.15, 0.2) is 0 Å². The van der Waals surface area contributed by atoms with Crippen LogP contribution in [0.5, 0.6) is 0 Å². The summed E-state index contributed by atoms with van der Waals surface area (Å²) in [6, 6.07) is 7.26. The maximum absolute atomic E-state index is 12.9. The summed E-state index contributed by atoms with van der Waals surface area (Å²) in [4.78, 5) is 25.3. The highest BCUT2D eigenvalue weighted by Gasteiger charge is 2.62. The van der Waals surface area contributed by atoms with E-state index >= 15 is 0 Å². The highest BCUT2D eigenvalue weighted by atomic mass is 16.5. The number of benzene rings is 1. The van der Waals surface area contributed by atoms with Gasteiger partial charge in [0.05, 0.1) is 6.10 Å². The second-order valence-electron chi connectivity index (χ2n) is 8.70. The van der Waals surface area contributed by atoms with Gasteiger partial charge in [-0.1, -0.05) is 39.2 Å². The van der Waals surface area contributed by atoms with E-state index < -0.39 is 11.0 Å². The number of hydrogen-bond acceptors (Lipinski definition) is 4. The predicted octanol–water partition coefficient (Wildman–Crippen LogP) is 3.68. The van der Waals surface area contributed by atoms with Crippen molar-refractivity contribution < 1.29 is 14.3 Å². The maximum atomic E-state index is 12.9. The van der Waals surface area contributed by atoms with Crippen molar-refractivity contribution >= 4 is 23.2 Å². The van der Waals surface area contributed by atoms with Gasteiger partial charge >= 0.3 is 0 Å². The van der Waals surface area contributed by atoms with Crippen LogP contribution in [0.3, 0.4) is 0 Å². The number of ether oxygens (including phenoxy) is 1. The minimum atomic E-state index is -0.978. The van der Waals surface area contributed by atoms with E-state index in [9.17, 15) is 9.59 Å². The van der Waals surface area contributed by atoms with Crippen LogP contribution >= 0.6 is 0 Å². The number of nitrogens with one attached hydrogen (secondary N) is 2. The number of nitrogens with two attached hydrogens (primary N) is 1. The molecule has 2 fully saturated rings. The van der Waals surface area contributed by atoms with Crippen molar-refractivity contribution in [1.29, 1.82) is 0 Å². The van der Waals surface area contributed by atoms with Crippen LogP contribution in [-0.2, 0) is 14.3 Å². The molecule has 2 aliphatic carbocycles. The van der Waals surface area contributed by atoms with E-state index in [1.54, 1.807) is 6.07 Å². The summed E-state index contributed by atoms with van der Waals surface area (Å²) in [6.07, 6.45) is 5.83.